The number of thioether (sulfide) groups is 2. The number of carbonyl (C=O) groups is 2. The Labute approximate surface area is 235 Å². The van der Waals surface area contributed by atoms with Gasteiger partial charge in [0.1, 0.15) is 4.91 Å². The predicted octanol–water partition coefficient (Wildman–Crippen LogP) is 6.12. The minimum atomic E-state index is -0.141. The predicted molar refractivity (Wildman–Crippen MR) is 159 cm³/mol. The van der Waals surface area contributed by atoms with Crippen LogP contribution in [0.3, 0.4) is 0 Å². The van der Waals surface area contributed by atoms with Gasteiger partial charge in [-0.3, -0.25) is 14.5 Å². The molecular weight excluding hydrogens is 528 g/mol. The number of rotatable bonds is 6. The van der Waals surface area contributed by atoms with Gasteiger partial charge in [-0.2, -0.15) is 5.26 Å². The number of nitrogens with one attached hydrogen (secondary N) is 2. The number of fused-ring (bicyclic) bond motifs is 1. The summed E-state index contributed by atoms with van der Waals surface area (Å²) in [6.45, 7) is 4.53. The van der Waals surface area contributed by atoms with Crippen molar-refractivity contribution in [1.82, 2.24) is 4.90 Å². The molecule has 0 spiro atoms. The number of nitriles is 1. The standard InChI is InChI=1S/C29H26N6O2S2/c1-4-31-22-12-10-20(16-30)14-23(22)33-29-35(17-19-8-6-5-7-9-19)27(37)26(39-29)28-34(3)24-15-21(32-18(2)36)11-13-25(24)38-28/h5-15,31H,4,17H2,1-3H3,(H,32,36)/b28-26-,33-29+. The highest BCUT2D eigenvalue weighted by atomic mass is 32.2. The lowest BCUT2D eigenvalue weighted by molar-refractivity contribution is -0.122. The van der Waals surface area contributed by atoms with Gasteiger partial charge in [0.15, 0.2) is 5.17 Å². The zero-order chi connectivity index (χ0) is 27.5. The molecular formula is C29H26N6O2S2. The van der Waals surface area contributed by atoms with E-state index in [9.17, 15) is 14.9 Å². The topological polar surface area (TPSA) is 101 Å². The van der Waals surface area contributed by atoms with Crippen LogP contribution in [-0.4, -0.2) is 35.5 Å². The Bertz CT molecular complexity index is 1560. The fourth-order valence-electron chi connectivity index (χ4n) is 4.29. The van der Waals surface area contributed by atoms with E-state index in [1.807, 2.05) is 73.5 Å². The van der Waals surface area contributed by atoms with Gasteiger partial charge in [-0.05, 0) is 60.6 Å². The molecule has 0 unspecified atom stereocenters. The Balaban J connectivity index is 1.57. The van der Waals surface area contributed by atoms with Gasteiger partial charge in [-0.15, -0.1) is 0 Å². The van der Waals surface area contributed by atoms with Crippen molar-refractivity contribution in [1.29, 1.82) is 5.26 Å². The van der Waals surface area contributed by atoms with E-state index in [2.05, 4.69) is 16.7 Å². The molecule has 5 rings (SSSR count). The summed E-state index contributed by atoms with van der Waals surface area (Å²) in [5, 5.41) is 16.9. The molecule has 1 saturated heterocycles. The van der Waals surface area contributed by atoms with E-state index in [1.165, 1.54) is 30.4 Å². The molecule has 0 aliphatic carbocycles. The highest BCUT2D eigenvalue weighted by molar-refractivity contribution is 8.19. The minimum Gasteiger partial charge on any atom is -0.384 e. The SMILES string of the molecule is CCNc1ccc(C#N)cc1/N=C1/S/C(=C2\Sc3ccc(NC(C)=O)cc3N2C)C(=O)N1Cc1ccccc1. The van der Waals surface area contributed by atoms with Crippen molar-refractivity contribution in [2.75, 3.05) is 29.1 Å². The molecule has 2 aliphatic rings. The number of amidine groups is 1. The summed E-state index contributed by atoms with van der Waals surface area (Å²) >= 11 is 2.85. The first-order valence-electron chi connectivity index (χ1n) is 12.4. The molecule has 8 nitrogen and oxygen atoms in total. The van der Waals surface area contributed by atoms with Crippen LogP contribution in [0.2, 0.25) is 0 Å². The molecule has 0 atom stereocenters. The zero-order valence-electron chi connectivity index (χ0n) is 21.7. The van der Waals surface area contributed by atoms with Crippen molar-refractivity contribution in [2.45, 2.75) is 25.3 Å². The number of amides is 2. The number of benzene rings is 3. The lowest BCUT2D eigenvalue weighted by atomic mass is 10.2. The Morgan fingerprint density at radius 2 is 1.87 bits per heavy atom. The average molecular weight is 555 g/mol. The zero-order valence-corrected chi connectivity index (χ0v) is 23.3. The van der Waals surface area contributed by atoms with Gasteiger partial charge in [0.2, 0.25) is 5.91 Å². The lowest BCUT2D eigenvalue weighted by Gasteiger charge is -2.17. The van der Waals surface area contributed by atoms with Gasteiger partial charge in [0.25, 0.3) is 5.91 Å². The Morgan fingerprint density at radius 3 is 2.59 bits per heavy atom. The lowest BCUT2D eigenvalue weighted by Crippen LogP contribution is -2.29. The average Bonchev–Trinajstić information content (AvgIpc) is 3.41. The third kappa shape index (κ3) is 5.50. The monoisotopic (exact) mass is 554 g/mol. The molecule has 3 aromatic carbocycles. The van der Waals surface area contributed by atoms with E-state index in [0.717, 1.165) is 26.9 Å². The van der Waals surface area contributed by atoms with Crippen molar-refractivity contribution in [3.63, 3.8) is 0 Å². The van der Waals surface area contributed by atoms with Gasteiger partial charge < -0.3 is 15.5 Å². The summed E-state index contributed by atoms with van der Waals surface area (Å²) in [7, 11) is 1.92. The molecule has 196 valence electrons. The van der Waals surface area contributed by atoms with E-state index in [-0.39, 0.29) is 11.8 Å². The Hall–Kier alpha value is -4.20. The van der Waals surface area contributed by atoms with Crippen molar-refractivity contribution < 1.29 is 9.59 Å². The van der Waals surface area contributed by atoms with Crippen LogP contribution in [-0.2, 0) is 16.1 Å². The van der Waals surface area contributed by atoms with Gasteiger partial charge in [-0.1, -0.05) is 42.1 Å². The third-order valence-corrected chi connectivity index (χ3v) is 8.54. The fourth-order valence-corrected chi connectivity index (χ4v) is 6.60. The van der Waals surface area contributed by atoms with Crippen molar-refractivity contribution in [3.8, 4) is 6.07 Å². The van der Waals surface area contributed by atoms with E-state index in [1.54, 1.807) is 17.0 Å². The first kappa shape index (κ1) is 26.4. The van der Waals surface area contributed by atoms with Crippen LogP contribution in [0.15, 0.2) is 86.6 Å². The van der Waals surface area contributed by atoms with Crippen LogP contribution in [0, 0.1) is 11.3 Å². The number of aliphatic imine (C=N–C) groups is 1. The minimum absolute atomic E-state index is 0.131. The van der Waals surface area contributed by atoms with E-state index >= 15 is 0 Å². The van der Waals surface area contributed by atoms with Crippen LogP contribution in [0.5, 0.6) is 0 Å². The summed E-state index contributed by atoms with van der Waals surface area (Å²) < 4.78 is 0. The van der Waals surface area contributed by atoms with E-state index in [4.69, 9.17) is 4.99 Å². The first-order valence-corrected chi connectivity index (χ1v) is 14.0. The maximum absolute atomic E-state index is 13.9. The second-order valence-electron chi connectivity index (χ2n) is 8.91. The second kappa shape index (κ2) is 11.3. The van der Waals surface area contributed by atoms with Crippen molar-refractivity contribution >= 4 is 63.3 Å². The molecule has 0 bridgehead atoms. The molecule has 2 heterocycles. The summed E-state index contributed by atoms with van der Waals surface area (Å²) in [6, 6.07) is 23.0. The molecule has 3 aromatic rings. The number of hydrogen-bond donors (Lipinski definition) is 2. The van der Waals surface area contributed by atoms with Gasteiger partial charge in [0.05, 0.1) is 40.3 Å². The fraction of sp³-hybridized carbons (Fsp3) is 0.172. The van der Waals surface area contributed by atoms with Crippen LogP contribution < -0.4 is 15.5 Å². The molecule has 0 saturated carbocycles. The quantitative estimate of drug-likeness (QED) is 0.354. The van der Waals surface area contributed by atoms with Gasteiger partial charge >= 0.3 is 0 Å². The highest BCUT2D eigenvalue weighted by Crippen LogP contribution is 2.51. The van der Waals surface area contributed by atoms with Crippen molar-refractivity contribution in [3.05, 3.63) is 87.8 Å². The van der Waals surface area contributed by atoms with Crippen LogP contribution in [0.4, 0.5) is 22.7 Å². The maximum Gasteiger partial charge on any atom is 0.269 e. The first-order chi connectivity index (χ1) is 18.9. The largest absolute Gasteiger partial charge is 0.384 e. The molecule has 2 N–H and O–H groups in total. The molecule has 0 radical (unpaired) electrons. The van der Waals surface area contributed by atoms with Gasteiger partial charge in [0, 0.05) is 31.1 Å². The number of hydrogen-bond acceptors (Lipinski definition) is 8. The second-order valence-corrected chi connectivity index (χ2v) is 10.9. The number of anilines is 3. The Morgan fingerprint density at radius 1 is 1.08 bits per heavy atom. The van der Waals surface area contributed by atoms with Crippen LogP contribution in [0.25, 0.3) is 0 Å². The highest BCUT2D eigenvalue weighted by Gasteiger charge is 2.39. The smallest absolute Gasteiger partial charge is 0.269 e. The third-order valence-electron chi connectivity index (χ3n) is 6.10. The molecule has 1 fully saturated rings. The molecule has 2 amide bonds. The maximum atomic E-state index is 13.9. The molecule has 39 heavy (non-hydrogen) atoms. The summed E-state index contributed by atoms with van der Waals surface area (Å²) in [6.07, 6.45) is 0. The van der Waals surface area contributed by atoms with Crippen LogP contribution >= 0.6 is 23.5 Å². The van der Waals surface area contributed by atoms with E-state index in [0.29, 0.717) is 40.1 Å². The van der Waals surface area contributed by atoms with Crippen molar-refractivity contribution in [2.24, 2.45) is 4.99 Å². The van der Waals surface area contributed by atoms with Crippen LogP contribution in [0.1, 0.15) is 25.0 Å². The van der Waals surface area contributed by atoms with Gasteiger partial charge in [-0.25, -0.2) is 4.99 Å². The number of carbonyl (C=O) groups excluding carboxylic acids is 2. The Kier molecular flexibility index (Phi) is 7.63. The summed E-state index contributed by atoms with van der Waals surface area (Å²) in [5.41, 5.74) is 4.49. The summed E-state index contributed by atoms with van der Waals surface area (Å²) in [4.78, 5) is 35.7. The summed E-state index contributed by atoms with van der Waals surface area (Å²) in [5.74, 6) is -0.272. The number of nitrogens with zero attached hydrogens (tertiary/aromatic N) is 4. The normalized spacial score (nSPS) is 17.4. The molecule has 10 heteroatoms. The molecule has 0 aromatic heterocycles. The molecule has 2 aliphatic heterocycles. The van der Waals surface area contributed by atoms with E-state index < -0.39 is 0 Å².